The lowest BCUT2D eigenvalue weighted by atomic mass is 10.1. The summed E-state index contributed by atoms with van der Waals surface area (Å²) in [4.78, 5) is 28.6. The highest BCUT2D eigenvalue weighted by Gasteiger charge is 2.34. The fourth-order valence-corrected chi connectivity index (χ4v) is 5.62. The number of esters is 1. The van der Waals surface area contributed by atoms with Gasteiger partial charge in [0.2, 0.25) is 0 Å². The van der Waals surface area contributed by atoms with E-state index < -0.39 is 22.1 Å². The third-order valence-corrected chi connectivity index (χ3v) is 7.35. The van der Waals surface area contributed by atoms with Crippen molar-refractivity contribution in [3.8, 4) is 0 Å². The average Bonchev–Trinajstić information content (AvgIpc) is 3.13. The van der Waals surface area contributed by atoms with Crippen molar-refractivity contribution in [1.29, 1.82) is 0 Å². The summed E-state index contributed by atoms with van der Waals surface area (Å²) in [6.45, 7) is 3.45. The van der Waals surface area contributed by atoms with Gasteiger partial charge in [-0.2, -0.15) is 8.42 Å². The van der Waals surface area contributed by atoms with E-state index in [0.29, 0.717) is 37.6 Å². The van der Waals surface area contributed by atoms with E-state index in [4.69, 9.17) is 16.3 Å². The molecule has 8 nitrogen and oxygen atoms in total. The Hall–Kier alpha value is -2.13. The van der Waals surface area contributed by atoms with Crippen LogP contribution in [0.1, 0.15) is 55.8 Å². The van der Waals surface area contributed by atoms with Gasteiger partial charge in [0.05, 0.1) is 16.3 Å². The van der Waals surface area contributed by atoms with Crippen molar-refractivity contribution in [2.24, 2.45) is 4.40 Å². The highest BCUT2D eigenvalue weighted by atomic mass is 35.5. The van der Waals surface area contributed by atoms with E-state index in [1.807, 2.05) is 4.90 Å². The molecular formula is C20H24ClN3O5S. The molecule has 0 N–H and O–H groups in total. The molecule has 2 saturated heterocycles. The molecule has 1 aromatic carbocycles. The Morgan fingerprint density at radius 2 is 1.80 bits per heavy atom. The Labute approximate surface area is 180 Å². The van der Waals surface area contributed by atoms with E-state index in [1.54, 1.807) is 4.90 Å². The normalized spacial score (nSPS) is 21.2. The van der Waals surface area contributed by atoms with Gasteiger partial charge in [-0.05, 0) is 44.7 Å². The lowest BCUT2D eigenvalue weighted by Crippen LogP contribution is -2.38. The Morgan fingerprint density at radius 3 is 2.53 bits per heavy atom. The molecule has 0 spiro atoms. The molecule has 0 bridgehead atoms. The first-order valence-corrected chi connectivity index (χ1v) is 12.0. The first kappa shape index (κ1) is 21.1. The zero-order valence-electron chi connectivity index (χ0n) is 16.8. The quantitative estimate of drug-likeness (QED) is 0.653. The van der Waals surface area contributed by atoms with Gasteiger partial charge < -0.3 is 14.5 Å². The van der Waals surface area contributed by atoms with Crippen molar-refractivity contribution in [1.82, 2.24) is 4.90 Å². The van der Waals surface area contributed by atoms with Gasteiger partial charge in [-0.25, -0.2) is 4.79 Å². The van der Waals surface area contributed by atoms with Gasteiger partial charge in [-0.15, -0.1) is 4.40 Å². The van der Waals surface area contributed by atoms with Crippen LogP contribution < -0.4 is 4.90 Å². The van der Waals surface area contributed by atoms with Gasteiger partial charge >= 0.3 is 5.97 Å². The predicted octanol–water partition coefficient (Wildman–Crippen LogP) is 2.99. The van der Waals surface area contributed by atoms with E-state index in [9.17, 15) is 18.0 Å². The molecule has 2 fully saturated rings. The Balaban J connectivity index is 1.62. The van der Waals surface area contributed by atoms with E-state index >= 15 is 0 Å². The second-order valence-corrected chi connectivity index (χ2v) is 9.80. The molecule has 10 heteroatoms. The third kappa shape index (κ3) is 3.92. The van der Waals surface area contributed by atoms with Crippen molar-refractivity contribution in [2.45, 2.75) is 56.4 Å². The molecule has 4 rings (SSSR count). The highest BCUT2D eigenvalue weighted by Crippen LogP contribution is 2.38. The number of carbonyl (C=O) groups is 2. The summed E-state index contributed by atoms with van der Waals surface area (Å²) < 4.78 is 34.8. The molecule has 0 aliphatic carbocycles. The number of amides is 1. The molecule has 3 aliphatic rings. The summed E-state index contributed by atoms with van der Waals surface area (Å²) in [5.74, 6) is -0.582. The number of nitrogens with zero attached hydrogens (tertiary/aromatic N) is 3. The van der Waals surface area contributed by atoms with Crippen LogP contribution >= 0.6 is 11.6 Å². The minimum Gasteiger partial charge on any atom is -0.449 e. The zero-order valence-corrected chi connectivity index (χ0v) is 18.3. The standard InChI is InChI=1S/C20H24ClN3O5S/c1-13(19(25)23-8-5-6-9-23)29-20(26)14-11-17-16(12-15(14)21)24-10-4-2-3-7-18(24)22-30(17,27)28/h11-13H,2-10H2,1H3. The van der Waals surface area contributed by atoms with Crippen LogP contribution in [-0.2, 0) is 19.6 Å². The largest absolute Gasteiger partial charge is 0.449 e. The number of hydrogen-bond donors (Lipinski definition) is 0. The van der Waals surface area contributed by atoms with Crippen LogP contribution in [0, 0.1) is 0 Å². The fourth-order valence-electron chi connectivity index (χ4n) is 4.12. The number of anilines is 1. The first-order valence-electron chi connectivity index (χ1n) is 10.2. The summed E-state index contributed by atoms with van der Waals surface area (Å²) >= 11 is 6.35. The Kier molecular flexibility index (Phi) is 5.76. The Morgan fingerprint density at radius 1 is 1.10 bits per heavy atom. The molecule has 162 valence electrons. The number of likely N-dealkylation sites (tertiary alicyclic amines) is 1. The number of carbonyl (C=O) groups excluding carboxylic acids is 2. The number of ether oxygens (including phenoxy) is 1. The second-order valence-electron chi connectivity index (χ2n) is 7.82. The number of sulfonamides is 1. The lowest BCUT2D eigenvalue weighted by Gasteiger charge is -2.30. The average molecular weight is 454 g/mol. The molecular weight excluding hydrogens is 430 g/mol. The topological polar surface area (TPSA) is 96.3 Å². The monoisotopic (exact) mass is 453 g/mol. The third-order valence-electron chi connectivity index (χ3n) is 5.71. The number of fused-ring (bicyclic) bond motifs is 3. The first-order chi connectivity index (χ1) is 14.3. The maximum Gasteiger partial charge on any atom is 0.340 e. The summed E-state index contributed by atoms with van der Waals surface area (Å²) in [6, 6.07) is 2.70. The van der Waals surface area contributed by atoms with Crippen LogP contribution in [0.15, 0.2) is 21.4 Å². The van der Waals surface area contributed by atoms with Crippen LogP contribution in [-0.4, -0.2) is 56.8 Å². The van der Waals surface area contributed by atoms with Crippen molar-refractivity contribution >= 4 is 45.0 Å². The van der Waals surface area contributed by atoms with Crippen molar-refractivity contribution < 1.29 is 22.7 Å². The Bertz CT molecular complexity index is 1020. The van der Waals surface area contributed by atoms with Crippen molar-refractivity contribution in [3.05, 3.63) is 22.7 Å². The molecule has 1 aromatic rings. The molecule has 1 amide bonds. The number of benzene rings is 1. The molecule has 0 radical (unpaired) electrons. The van der Waals surface area contributed by atoms with Gasteiger partial charge in [0.1, 0.15) is 10.7 Å². The molecule has 30 heavy (non-hydrogen) atoms. The van der Waals surface area contributed by atoms with E-state index in [0.717, 1.165) is 32.1 Å². The van der Waals surface area contributed by atoms with Crippen LogP contribution in [0.5, 0.6) is 0 Å². The van der Waals surface area contributed by atoms with Crippen molar-refractivity contribution in [3.63, 3.8) is 0 Å². The minimum atomic E-state index is -3.95. The number of hydrogen-bond acceptors (Lipinski definition) is 6. The molecule has 1 atom stereocenters. The van der Waals surface area contributed by atoms with Gasteiger partial charge in [-0.3, -0.25) is 4.79 Å². The maximum atomic E-state index is 12.8. The van der Waals surface area contributed by atoms with Gasteiger partial charge in [0.25, 0.3) is 15.9 Å². The van der Waals surface area contributed by atoms with E-state index in [1.165, 1.54) is 19.1 Å². The number of halogens is 1. The van der Waals surface area contributed by atoms with Crippen LogP contribution in [0.3, 0.4) is 0 Å². The smallest absolute Gasteiger partial charge is 0.340 e. The molecule has 1 unspecified atom stereocenters. The maximum absolute atomic E-state index is 12.8. The van der Waals surface area contributed by atoms with Gasteiger partial charge in [-0.1, -0.05) is 18.0 Å². The van der Waals surface area contributed by atoms with Gasteiger partial charge in [0.15, 0.2) is 6.10 Å². The number of amidine groups is 1. The molecule has 3 aliphatic heterocycles. The highest BCUT2D eigenvalue weighted by molar-refractivity contribution is 7.90. The van der Waals surface area contributed by atoms with E-state index in [-0.39, 0.29) is 21.4 Å². The molecule has 0 aromatic heterocycles. The van der Waals surface area contributed by atoms with E-state index in [2.05, 4.69) is 4.40 Å². The number of rotatable bonds is 3. The van der Waals surface area contributed by atoms with Gasteiger partial charge in [0, 0.05) is 26.1 Å². The molecule has 0 saturated carbocycles. The second kappa shape index (κ2) is 8.19. The van der Waals surface area contributed by atoms with Crippen molar-refractivity contribution in [2.75, 3.05) is 24.5 Å². The summed E-state index contributed by atoms with van der Waals surface area (Å²) in [5.41, 5.74) is 0.346. The summed E-state index contributed by atoms with van der Waals surface area (Å²) in [6.07, 6.45) is 4.24. The van der Waals surface area contributed by atoms with Crippen LogP contribution in [0.4, 0.5) is 5.69 Å². The summed E-state index contributed by atoms with van der Waals surface area (Å²) in [5, 5.41) is 0.0836. The predicted molar refractivity (Wildman–Crippen MR) is 113 cm³/mol. The van der Waals surface area contributed by atoms with Crippen LogP contribution in [0.2, 0.25) is 5.02 Å². The summed E-state index contributed by atoms with van der Waals surface area (Å²) in [7, 11) is -3.95. The SMILES string of the molecule is CC(OC(=O)c1cc2c(cc1Cl)N1CCCCCC1=NS2(=O)=O)C(=O)N1CCCC1. The zero-order chi connectivity index (χ0) is 21.5. The minimum absolute atomic E-state index is 0.0666. The lowest BCUT2D eigenvalue weighted by molar-refractivity contribution is -0.138. The van der Waals surface area contributed by atoms with Crippen LogP contribution in [0.25, 0.3) is 0 Å². The fraction of sp³-hybridized carbons (Fsp3) is 0.550. The molecule has 3 heterocycles.